The molecule has 0 aromatic heterocycles. The molecule has 0 radical (unpaired) electrons. The number of nitrogens with zero attached hydrogens (tertiary/aromatic N) is 3. The highest BCUT2D eigenvalue weighted by molar-refractivity contribution is 7.92. The second-order valence-electron chi connectivity index (χ2n) is 13.8. The normalized spacial score (nSPS) is 19.6. The Hall–Kier alpha value is -3.96. The number of nitrogens with one attached hydrogen (secondary N) is 1. The molecular formula is C35H40F6N4O6S. The number of carbonyl (C=O) groups is 2. The Morgan fingerprint density at radius 1 is 1.02 bits per heavy atom. The first-order chi connectivity index (χ1) is 24.1. The smallest absolute Gasteiger partial charge is 0.453 e. The number of piperidine rings is 2. The number of carbonyl (C=O) groups excluding carboxylic acids is 2. The predicted octanol–water partition coefficient (Wildman–Crippen LogP) is 5.50. The molecular weight excluding hydrogens is 718 g/mol. The van der Waals surface area contributed by atoms with E-state index in [1.807, 2.05) is 0 Å². The number of hydrogen-bond acceptors (Lipinski definition) is 7. The summed E-state index contributed by atoms with van der Waals surface area (Å²) in [4.78, 5) is 32.4. The molecule has 0 unspecified atom stereocenters. The Morgan fingerprint density at radius 3 is 2.21 bits per heavy atom. The highest BCUT2D eigenvalue weighted by Crippen LogP contribution is 2.39. The fraction of sp³-hybridized carbons (Fsp3) is 0.514. The maximum atomic E-state index is 14.7. The molecule has 2 aromatic carbocycles. The van der Waals surface area contributed by atoms with Crippen LogP contribution in [0.1, 0.15) is 78.1 Å². The van der Waals surface area contributed by atoms with Gasteiger partial charge in [-0.1, -0.05) is 0 Å². The third-order valence-corrected chi connectivity index (χ3v) is 11.3. The van der Waals surface area contributed by atoms with Crippen molar-refractivity contribution >= 4 is 33.7 Å². The first-order valence-electron chi connectivity index (χ1n) is 16.7. The number of amides is 2. The molecule has 3 aliphatic heterocycles. The molecule has 0 aliphatic carbocycles. The number of rotatable bonds is 10. The van der Waals surface area contributed by atoms with Gasteiger partial charge in [0.2, 0.25) is 10.0 Å². The average molecular weight is 759 g/mol. The van der Waals surface area contributed by atoms with Gasteiger partial charge in [0.1, 0.15) is 11.4 Å². The van der Waals surface area contributed by atoms with E-state index < -0.39 is 64.4 Å². The minimum Gasteiger partial charge on any atom is -0.491 e. The van der Waals surface area contributed by atoms with Gasteiger partial charge in [0, 0.05) is 49.1 Å². The van der Waals surface area contributed by atoms with Crippen LogP contribution >= 0.6 is 0 Å². The van der Waals surface area contributed by atoms with E-state index in [1.54, 1.807) is 37.8 Å². The van der Waals surface area contributed by atoms with Crippen molar-refractivity contribution in [2.24, 2.45) is 4.99 Å². The van der Waals surface area contributed by atoms with Crippen molar-refractivity contribution in [2.45, 2.75) is 82.5 Å². The molecule has 0 atom stereocenters. The lowest BCUT2D eigenvalue weighted by Gasteiger charge is -2.36. The number of aliphatic hydroxyl groups is 1. The van der Waals surface area contributed by atoms with Crippen molar-refractivity contribution in [2.75, 3.05) is 32.8 Å². The predicted molar refractivity (Wildman–Crippen MR) is 180 cm³/mol. The monoisotopic (exact) mass is 758 g/mol. The highest BCUT2D eigenvalue weighted by atomic mass is 32.2. The van der Waals surface area contributed by atoms with Crippen LogP contribution in [0.3, 0.4) is 0 Å². The lowest BCUT2D eigenvalue weighted by molar-refractivity contribution is -0.284. The number of aliphatic imine (C=N–C) groups is 1. The molecule has 2 N–H and O–H groups in total. The van der Waals surface area contributed by atoms with E-state index in [4.69, 9.17) is 4.74 Å². The Kier molecular flexibility index (Phi) is 10.9. The molecule has 52 heavy (non-hydrogen) atoms. The number of aryl methyl sites for hydroxylation is 2. The lowest BCUT2D eigenvalue weighted by atomic mass is 9.89. The van der Waals surface area contributed by atoms with Gasteiger partial charge in [-0.25, -0.2) is 12.8 Å². The lowest BCUT2D eigenvalue weighted by Crippen LogP contribution is -2.50. The second-order valence-corrected chi connectivity index (χ2v) is 15.6. The van der Waals surface area contributed by atoms with E-state index in [2.05, 4.69) is 10.3 Å². The van der Waals surface area contributed by atoms with E-state index in [0.717, 1.165) is 17.5 Å². The maximum absolute atomic E-state index is 14.7. The van der Waals surface area contributed by atoms with Crippen LogP contribution in [0.2, 0.25) is 0 Å². The summed E-state index contributed by atoms with van der Waals surface area (Å²) in [6, 6.07) is 6.90. The average Bonchev–Trinajstić information content (AvgIpc) is 3.37. The molecule has 2 fully saturated rings. The van der Waals surface area contributed by atoms with E-state index in [-0.39, 0.29) is 49.0 Å². The Balaban J connectivity index is 1.19. The Bertz CT molecular complexity index is 1850. The topological polar surface area (TPSA) is 129 Å². The fourth-order valence-corrected chi connectivity index (χ4v) is 7.63. The van der Waals surface area contributed by atoms with Crippen molar-refractivity contribution in [3.63, 3.8) is 0 Å². The molecule has 0 bridgehead atoms. The van der Waals surface area contributed by atoms with Crippen molar-refractivity contribution in [1.82, 2.24) is 14.5 Å². The summed E-state index contributed by atoms with van der Waals surface area (Å²) in [5.74, 6) is -6.83. The van der Waals surface area contributed by atoms with Gasteiger partial charge >= 0.3 is 12.1 Å². The zero-order valence-corrected chi connectivity index (χ0v) is 29.6. The van der Waals surface area contributed by atoms with Gasteiger partial charge in [-0.3, -0.25) is 14.6 Å². The molecule has 0 saturated carbocycles. The summed E-state index contributed by atoms with van der Waals surface area (Å²) in [5.41, 5.74) is 0.610. The summed E-state index contributed by atoms with van der Waals surface area (Å²) in [6.07, 6.45) is -5.36. The number of sulfonamides is 1. The number of alkyl halides is 5. The molecule has 3 heterocycles. The first-order valence-corrected chi connectivity index (χ1v) is 18.2. The molecule has 284 valence electrons. The van der Waals surface area contributed by atoms with Gasteiger partial charge in [0.05, 0.1) is 12.2 Å². The van der Waals surface area contributed by atoms with E-state index in [1.165, 1.54) is 16.4 Å². The van der Waals surface area contributed by atoms with Crippen LogP contribution in [0.15, 0.2) is 40.7 Å². The summed E-state index contributed by atoms with van der Waals surface area (Å²) in [5, 5.41) is 13.9. The van der Waals surface area contributed by atoms with Crippen LogP contribution in [-0.4, -0.2) is 96.4 Å². The number of ether oxygens (including phenoxy) is 1. The van der Waals surface area contributed by atoms with Gasteiger partial charge in [-0.15, -0.1) is 0 Å². The minimum absolute atomic E-state index is 0.0283. The van der Waals surface area contributed by atoms with Gasteiger partial charge < -0.3 is 20.1 Å². The summed E-state index contributed by atoms with van der Waals surface area (Å²) in [7, 11) is -3.92. The number of halogens is 6. The highest BCUT2D eigenvalue weighted by Gasteiger charge is 2.56. The Labute approximate surface area is 297 Å². The van der Waals surface area contributed by atoms with E-state index in [0.29, 0.717) is 48.2 Å². The zero-order chi connectivity index (χ0) is 38.3. The summed E-state index contributed by atoms with van der Waals surface area (Å²) < 4.78 is 111. The number of likely N-dealkylation sites (tertiary alicyclic amines) is 1. The van der Waals surface area contributed by atoms with Gasteiger partial charge in [-0.2, -0.15) is 26.3 Å². The van der Waals surface area contributed by atoms with Gasteiger partial charge in [0.25, 0.3) is 11.8 Å². The molecule has 2 saturated heterocycles. The minimum atomic E-state index is -5.69. The number of benzene rings is 2. The van der Waals surface area contributed by atoms with Crippen molar-refractivity contribution < 1.29 is 54.2 Å². The molecule has 3 aliphatic rings. The molecule has 2 aromatic rings. The van der Waals surface area contributed by atoms with Crippen LogP contribution in [0, 0.1) is 19.7 Å². The molecule has 10 nitrogen and oxygen atoms in total. The van der Waals surface area contributed by atoms with Crippen molar-refractivity contribution in [3.05, 3.63) is 69.4 Å². The van der Waals surface area contributed by atoms with Crippen molar-refractivity contribution in [3.8, 4) is 5.75 Å². The fourth-order valence-electron chi connectivity index (χ4n) is 6.46. The molecule has 1 spiro atoms. The number of amidine groups is 1. The largest absolute Gasteiger partial charge is 0.491 e. The second kappa shape index (κ2) is 14.5. The zero-order valence-electron chi connectivity index (χ0n) is 28.8. The third-order valence-electron chi connectivity index (χ3n) is 9.78. The van der Waals surface area contributed by atoms with Crippen LogP contribution in [0.25, 0.3) is 6.08 Å². The Morgan fingerprint density at radius 2 is 1.63 bits per heavy atom. The SMILES string of the molecule is Cc1cc(C(=O)N2CCC(C)(O)CC2)cc(C)c1C=CS(=O)(=O)N1CCC2(CC1)N=C(c1ccc(OCCCC(F)(F)C(F)(F)F)c(F)c1)NC2=O. The van der Waals surface area contributed by atoms with E-state index >= 15 is 0 Å². The van der Waals surface area contributed by atoms with Crippen LogP contribution in [-0.2, 0) is 14.8 Å². The number of hydrogen-bond donors (Lipinski definition) is 2. The molecule has 5 rings (SSSR count). The maximum Gasteiger partial charge on any atom is 0.453 e. The first kappa shape index (κ1) is 39.3. The van der Waals surface area contributed by atoms with E-state index in [9.17, 15) is 49.5 Å². The third kappa shape index (κ3) is 8.46. The molecule has 17 heteroatoms. The van der Waals surface area contributed by atoms with Gasteiger partial charge in [-0.05, 0) is 106 Å². The van der Waals surface area contributed by atoms with Gasteiger partial charge in [0.15, 0.2) is 11.6 Å². The molecule has 2 amide bonds. The van der Waals surface area contributed by atoms with Crippen LogP contribution in [0.4, 0.5) is 26.3 Å². The standard InChI is InChI=1S/C35H40F6N4O6S/c1-22-19-25(30(46)44-13-9-32(3,48)10-14-44)20-23(2)26(22)7-18-52(49,50)45-15-11-33(12-16-45)31(47)42-29(43-33)24-5-6-28(27(36)21-24)51-17-4-8-34(37,38)35(39,40)41/h5-7,18-21,48H,4,8-17H2,1-3H3,(H,42,43,47). The van der Waals surface area contributed by atoms with Crippen LogP contribution < -0.4 is 10.1 Å². The van der Waals surface area contributed by atoms with Crippen molar-refractivity contribution in [1.29, 1.82) is 0 Å². The van der Waals surface area contributed by atoms with Crippen LogP contribution in [0.5, 0.6) is 5.75 Å². The summed E-state index contributed by atoms with van der Waals surface area (Å²) in [6.45, 7) is 5.55. The quantitative estimate of drug-likeness (QED) is 0.244. The summed E-state index contributed by atoms with van der Waals surface area (Å²) >= 11 is 0.